The molecule has 84 valence electrons. The number of hydrogen-bond acceptors (Lipinski definition) is 4. The molecular formula is C11H15N5. The van der Waals surface area contributed by atoms with Gasteiger partial charge in [-0.05, 0) is 25.1 Å². The first-order valence-electron chi connectivity index (χ1n) is 5.32. The number of aryl methyl sites for hydroxylation is 1. The van der Waals surface area contributed by atoms with E-state index in [-0.39, 0.29) is 6.04 Å². The molecule has 1 unspecified atom stereocenters. The van der Waals surface area contributed by atoms with Crippen LogP contribution in [0.25, 0.3) is 0 Å². The SMILES string of the molecule is CCNC(c1ccc(C)nc1)c1ncn[nH]1. The van der Waals surface area contributed by atoms with Crippen molar-refractivity contribution in [2.75, 3.05) is 6.54 Å². The normalized spacial score (nSPS) is 12.6. The van der Waals surface area contributed by atoms with Gasteiger partial charge in [0, 0.05) is 11.9 Å². The van der Waals surface area contributed by atoms with Gasteiger partial charge in [-0.3, -0.25) is 10.1 Å². The van der Waals surface area contributed by atoms with E-state index < -0.39 is 0 Å². The van der Waals surface area contributed by atoms with Crippen molar-refractivity contribution in [2.45, 2.75) is 19.9 Å². The van der Waals surface area contributed by atoms with Crippen LogP contribution in [0, 0.1) is 6.92 Å². The zero-order chi connectivity index (χ0) is 11.4. The average molecular weight is 217 g/mol. The molecule has 0 radical (unpaired) electrons. The van der Waals surface area contributed by atoms with Crippen molar-refractivity contribution in [1.82, 2.24) is 25.5 Å². The summed E-state index contributed by atoms with van der Waals surface area (Å²) in [7, 11) is 0. The maximum atomic E-state index is 4.29. The van der Waals surface area contributed by atoms with Gasteiger partial charge in [-0.2, -0.15) is 5.10 Å². The van der Waals surface area contributed by atoms with Crippen LogP contribution in [-0.2, 0) is 0 Å². The van der Waals surface area contributed by atoms with E-state index >= 15 is 0 Å². The van der Waals surface area contributed by atoms with Gasteiger partial charge in [0.25, 0.3) is 0 Å². The van der Waals surface area contributed by atoms with Gasteiger partial charge in [-0.1, -0.05) is 13.0 Å². The summed E-state index contributed by atoms with van der Waals surface area (Å²) in [5.74, 6) is 0.813. The number of aromatic amines is 1. The molecular weight excluding hydrogens is 202 g/mol. The van der Waals surface area contributed by atoms with Gasteiger partial charge in [-0.15, -0.1) is 0 Å². The fourth-order valence-electron chi connectivity index (χ4n) is 1.58. The molecule has 0 aliphatic carbocycles. The Morgan fingerprint density at radius 1 is 1.38 bits per heavy atom. The van der Waals surface area contributed by atoms with Gasteiger partial charge >= 0.3 is 0 Å². The highest BCUT2D eigenvalue weighted by molar-refractivity contribution is 5.22. The topological polar surface area (TPSA) is 66.5 Å². The van der Waals surface area contributed by atoms with E-state index in [1.165, 1.54) is 6.33 Å². The quantitative estimate of drug-likeness (QED) is 0.807. The number of nitrogens with one attached hydrogen (secondary N) is 2. The fourth-order valence-corrected chi connectivity index (χ4v) is 1.58. The second-order valence-corrected chi connectivity index (χ2v) is 3.59. The number of hydrogen-bond donors (Lipinski definition) is 2. The first kappa shape index (κ1) is 10.8. The highest BCUT2D eigenvalue weighted by Gasteiger charge is 2.15. The van der Waals surface area contributed by atoms with Gasteiger partial charge in [-0.25, -0.2) is 4.98 Å². The summed E-state index contributed by atoms with van der Waals surface area (Å²) in [6, 6.07) is 4.08. The minimum absolute atomic E-state index is 0.0283. The van der Waals surface area contributed by atoms with Crippen molar-refractivity contribution in [3.63, 3.8) is 0 Å². The average Bonchev–Trinajstić information content (AvgIpc) is 2.81. The Morgan fingerprint density at radius 3 is 2.81 bits per heavy atom. The van der Waals surface area contributed by atoms with E-state index in [4.69, 9.17) is 0 Å². The van der Waals surface area contributed by atoms with Crippen molar-refractivity contribution in [2.24, 2.45) is 0 Å². The fraction of sp³-hybridized carbons (Fsp3) is 0.364. The largest absolute Gasteiger partial charge is 0.304 e. The number of nitrogens with zero attached hydrogens (tertiary/aromatic N) is 3. The van der Waals surface area contributed by atoms with Crippen LogP contribution in [0.4, 0.5) is 0 Å². The summed E-state index contributed by atoms with van der Waals surface area (Å²) in [6.45, 7) is 4.89. The molecule has 1 atom stereocenters. The van der Waals surface area contributed by atoms with E-state index in [9.17, 15) is 0 Å². The molecule has 0 aliphatic rings. The van der Waals surface area contributed by atoms with Gasteiger partial charge in [0.15, 0.2) is 0 Å². The Morgan fingerprint density at radius 2 is 2.25 bits per heavy atom. The molecule has 0 fully saturated rings. The summed E-state index contributed by atoms with van der Waals surface area (Å²) in [6.07, 6.45) is 3.38. The van der Waals surface area contributed by atoms with Gasteiger partial charge in [0.05, 0.1) is 6.04 Å². The lowest BCUT2D eigenvalue weighted by molar-refractivity contribution is 0.598. The molecule has 0 spiro atoms. The zero-order valence-corrected chi connectivity index (χ0v) is 9.44. The van der Waals surface area contributed by atoms with Crippen LogP contribution in [-0.4, -0.2) is 26.7 Å². The number of rotatable bonds is 4. The van der Waals surface area contributed by atoms with E-state index in [0.717, 1.165) is 23.6 Å². The molecule has 5 heteroatoms. The van der Waals surface area contributed by atoms with E-state index in [1.807, 2.05) is 19.2 Å². The lowest BCUT2D eigenvalue weighted by atomic mass is 10.1. The third-order valence-electron chi connectivity index (χ3n) is 2.38. The maximum absolute atomic E-state index is 4.29. The first-order chi connectivity index (χ1) is 7.81. The van der Waals surface area contributed by atoms with E-state index in [2.05, 4.69) is 38.5 Å². The van der Waals surface area contributed by atoms with Crippen molar-refractivity contribution in [3.05, 3.63) is 41.7 Å². The molecule has 2 heterocycles. The Bertz CT molecular complexity index is 420. The van der Waals surface area contributed by atoms with Crippen molar-refractivity contribution >= 4 is 0 Å². The van der Waals surface area contributed by atoms with Gasteiger partial charge < -0.3 is 5.32 Å². The molecule has 0 saturated heterocycles. The maximum Gasteiger partial charge on any atom is 0.146 e. The second kappa shape index (κ2) is 4.85. The predicted octanol–water partition coefficient (Wildman–Crippen LogP) is 1.21. The minimum atomic E-state index is 0.0283. The Hall–Kier alpha value is -1.75. The number of aromatic nitrogens is 4. The summed E-state index contributed by atoms with van der Waals surface area (Å²) < 4.78 is 0. The zero-order valence-electron chi connectivity index (χ0n) is 9.44. The molecule has 0 saturated carbocycles. The second-order valence-electron chi connectivity index (χ2n) is 3.59. The van der Waals surface area contributed by atoms with Crippen LogP contribution in [0.1, 0.15) is 30.0 Å². The van der Waals surface area contributed by atoms with Crippen LogP contribution in [0.2, 0.25) is 0 Å². The van der Waals surface area contributed by atoms with E-state index in [0.29, 0.717) is 0 Å². The molecule has 0 aromatic carbocycles. The van der Waals surface area contributed by atoms with Crippen LogP contribution < -0.4 is 5.32 Å². The standard InChI is InChI=1S/C11H15N5/c1-3-12-10(11-14-7-15-16-11)9-5-4-8(2)13-6-9/h4-7,10,12H,3H2,1-2H3,(H,14,15,16). The molecule has 16 heavy (non-hydrogen) atoms. The monoisotopic (exact) mass is 217 g/mol. The Kier molecular flexibility index (Phi) is 3.26. The van der Waals surface area contributed by atoms with E-state index in [1.54, 1.807) is 0 Å². The summed E-state index contributed by atoms with van der Waals surface area (Å²) in [4.78, 5) is 8.47. The minimum Gasteiger partial charge on any atom is -0.304 e. The number of pyridine rings is 1. The summed E-state index contributed by atoms with van der Waals surface area (Å²) >= 11 is 0. The smallest absolute Gasteiger partial charge is 0.146 e. The summed E-state index contributed by atoms with van der Waals surface area (Å²) in [5.41, 5.74) is 2.10. The Balaban J connectivity index is 2.29. The number of H-pyrrole nitrogens is 1. The van der Waals surface area contributed by atoms with Crippen LogP contribution >= 0.6 is 0 Å². The molecule has 5 nitrogen and oxygen atoms in total. The first-order valence-corrected chi connectivity index (χ1v) is 5.32. The van der Waals surface area contributed by atoms with Crippen molar-refractivity contribution < 1.29 is 0 Å². The third-order valence-corrected chi connectivity index (χ3v) is 2.38. The van der Waals surface area contributed by atoms with Crippen LogP contribution in [0.5, 0.6) is 0 Å². The lowest BCUT2D eigenvalue weighted by Gasteiger charge is -2.15. The molecule has 2 rings (SSSR count). The molecule has 0 aliphatic heterocycles. The summed E-state index contributed by atoms with van der Waals surface area (Å²) in [5, 5.41) is 10.1. The van der Waals surface area contributed by atoms with Crippen LogP contribution in [0.15, 0.2) is 24.7 Å². The highest BCUT2D eigenvalue weighted by Crippen LogP contribution is 2.17. The van der Waals surface area contributed by atoms with Crippen molar-refractivity contribution in [1.29, 1.82) is 0 Å². The molecule has 2 aromatic heterocycles. The molecule has 0 bridgehead atoms. The van der Waals surface area contributed by atoms with Crippen LogP contribution in [0.3, 0.4) is 0 Å². The Labute approximate surface area is 94.3 Å². The predicted molar refractivity (Wildman–Crippen MR) is 60.9 cm³/mol. The van der Waals surface area contributed by atoms with Crippen molar-refractivity contribution in [3.8, 4) is 0 Å². The molecule has 2 N–H and O–H groups in total. The van der Waals surface area contributed by atoms with Gasteiger partial charge in [0.1, 0.15) is 12.2 Å². The highest BCUT2D eigenvalue weighted by atomic mass is 15.2. The third kappa shape index (κ3) is 2.25. The molecule has 0 amide bonds. The lowest BCUT2D eigenvalue weighted by Crippen LogP contribution is -2.23. The molecule has 2 aromatic rings. The van der Waals surface area contributed by atoms with Gasteiger partial charge in [0.2, 0.25) is 0 Å².